The minimum Gasteiger partial charge on any atom is -0.356 e. The molecule has 0 aromatic carbocycles. The van der Waals surface area contributed by atoms with Crippen LogP contribution in [0, 0.1) is 0 Å². The number of nitrogens with one attached hydrogen (secondary N) is 1. The van der Waals surface area contributed by atoms with Crippen LogP contribution in [0.1, 0.15) is 45.6 Å². The van der Waals surface area contributed by atoms with E-state index in [4.69, 9.17) is 0 Å². The van der Waals surface area contributed by atoms with Crippen LogP contribution in [0.15, 0.2) is 16.7 Å². The average molecular weight is 328 g/mol. The van der Waals surface area contributed by atoms with Crippen LogP contribution in [-0.2, 0) is 6.54 Å². The van der Waals surface area contributed by atoms with E-state index in [1.54, 1.807) is 0 Å². The molecule has 0 radical (unpaired) electrons. The molecule has 108 valence electrons. The molecule has 0 spiro atoms. The lowest BCUT2D eigenvalue weighted by molar-refractivity contribution is 0.581. The monoisotopic (exact) mass is 327 g/mol. The van der Waals surface area contributed by atoms with Gasteiger partial charge in [-0.05, 0) is 47.8 Å². The lowest BCUT2D eigenvalue weighted by Gasteiger charge is -2.29. The molecule has 1 N–H and O–H groups in total. The molecule has 1 aromatic heterocycles. The normalized spacial score (nSPS) is 11.1. The molecular formula is C15H26BrN3. The van der Waals surface area contributed by atoms with Gasteiger partial charge < -0.3 is 10.2 Å². The minimum absolute atomic E-state index is 0.554. The fraction of sp³-hybridized carbons (Fsp3) is 0.667. The maximum atomic E-state index is 4.61. The standard InChI is InChI=1S/C15H26BrN3/c1-5-8-17-10-12-9-13(16)11-18-15(12)19(4)14(6-2)7-3/h9,11,14,17H,5-8,10H2,1-4H3. The predicted octanol–water partition coefficient (Wildman–Crippen LogP) is 3.97. The summed E-state index contributed by atoms with van der Waals surface area (Å²) in [5, 5.41) is 3.46. The summed E-state index contributed by atoms with van der Waals surface area (Å²) in [4.78, 5) is 6.93. The van der Waals surface area contributed by atoms with Gasteiger partial charge in [0.05, 0.1) is 0 Å². The third-order valence-corrected chi connectivity index (χ3v) is 3.91. The number of hydrogen-bond acceptors (Lipinski definition) is 3. The molecule has 0 amide bonds. The van der Waals surface area contributed by atoms with Crippen LogP contribution < -0.4 is 10.2 Å². The van der Waals surface area contributed by atoms with E-state index < -0.39 is 0 Å². The molecule has 0 saturated carbocycles. The van der Waals surface area contributed by atoms with Gasteiger partial charge in [-0.1, -0.05) is 20.8 Å². The second-order valence-electron chi connectivity index (χ2n) is 4.89. The number of pyridine rings is 1. The van der Waals surface area contributed by atoms with Crippen LogP contribution in [0.4, 0.5) is 5.82 Å². The summed E-state index contributed by atoms with van der Waals surface area (Å²) in [7, 11) is 2.15. The van der Waals surface area contributed by atoms with Crippen molar-refractivity contribution in [1.29, 1.82) is 0 Å². The Hall–Kier alpha value is -0.610. The van der Waals surface area contributed by atoms with Gasteiger partial charge in [0.25, 0.3) is 0 Å². The fourth-order valence-corrected chi connectivity index (χ4v) is 2.71. The van der Waals surface area contributed by atoms with E-state index in [1.165, 1.54) is 5.56 Å². The highest BCUT2D eigenvalue weighted by molar-refractivity contribution is 9.10. The summed E-state index contributed by atoms with van der Waals surface area (Å²) in [5.74, 6) is 1.10. The highest BCUT2D eigenvalue weighted by atomic mass is 79.9. The Kier molecular flexibility index (Phi) is 7.39. The van der Waals surface area contributed by atoms with Gasteiger partial charge in [0, 0.05) is 35.9 Å². The van der Waals surface area contributed by atoms with E-state index in [1.807, 2.05) is 6.20 Å². The van der Waals surface area contributed by atoms with Crippen LogP contribution in [0.2, 0.25) is 0 Å². The van der Waals surface area contributed by atoms with Crippen LogP contribution >= 0.6 is 15.9 Å². The van der Waals surface area contributed by atoms with E-state index in [0.29, 0.717) is 6.04 Å². The molecule has 0 unspecified atom stereocenters. The molecule has 0 aliphatic carbocycles. The highest BCUT2D eigenvalue weighted by Gasteiger charge is 2.16. The van der Waals surface area contributed by atoms with E-state index in [2.05, 4.69) is 65.0 Å². The van der Waals surface area contributed by atoms with Crippen molar-refractivity contribution in [3.05, 3.63) is 22.3 Å². The molecule has 4 heteroatoms. The summed E-state index contributed by atoms with van der Waals surface area (Å²) in [6.45, 7) is 8.57. The Labute approximate surface area is 125 Å². The molecule has 0 aliphatic heterocycles. The largest absolute Gasteiger partial charge is 0.356 e. The molecule has 19 heavy (non-hydrogen) atoms. The van der Waals surface area contributed by atoms with Gasteiger partial charge in [0.2, 0.25) is 0 Å². The first-order valence-corrected chi connectivity index (χ1v) is 8.01. The molecule has 0 bridgehead atoms. The number of nitrogens with zero attached hydrogens (tertiary/aromatic N) is 2. The number of rotatable bonds is 8. The lowest BCUT2D eigenvalue weighted by atomic mass is 10.1. The third-order valence-electron chi connectivity index (χ3n) is 3.48. The number of hydrogen-bond donors (Lipinski definition) is 1. The Bertz CT molecular complexity index is 378. The molecule has 0 atom stereocenters. The zero-order valence-corrected chi connectivity index (χ0v) is 14.1. The van der Waals surface area contributed by atoms with Crippen LogP contribution in [-0.4, -0.2) is 24.6 Å². The van der Waals surface area contributed by atoms with Crippen molar-refractivity contribution in [2.45, 2.75) is 52.6 Å². The molecular weight excluding hydrogens is 302 g/mol. The van der Waals surface area contributed by atoms with E-state index >= 15 is 0 Å². The van der Waals surface area contributed by atoms with Crippen molar-refractivity contribution in [3.8, 4) is 0 Å². The van der Waals surface area contributed by atoms with Crippen molar-refractivity contribution < 1.29 is 0 Å². The average Bonchev–Trinajstić information content (AvgIpc) is 2.40. The number of halogens is 1. The van der Waals surface area contributed by atoms with Gasteiger partial charge in [0.15, 0.2) is 0 Å². The van der Waals surface area contributed by atoms with Gasteiger partial charge >= 0.3 is 0 Å². The van der Waals surface area contributed by atoms with Gasteiger partial charge in [-0.2, -0.15) is 0 Å². The molecule has 0 saturated heterocycles. The Morgan fingerprint density at radius 2 is 2.00 bits per heavy atom. The van der Waals surface area contributed by atoms with Crippen molar-refractivity contribution in [1.82, 2.24) is 10.3 Å². The molecule has 1 heterocycles. The van der Waals surface area contributed by atoms with Crippen molar-refractivity contribution >= 4 is 21.7 Å². The lowest BCUT2D eigenvalue weighted by Crippen LogP contribution is -2.32. The molecule has 0 fully saturated rings. The highest BCUT2D eigenvalue weighted by Crippen LogP contribution is 2.24. The Morgan fingerprint density at radius 3 is 2.58 bits per heavy atom. The minimum atomic E-state index is 0.554. The van der Waals surface area contributed by atoms with Gasteiger partial charge in [-0.15, -0.1) is 0 Å². The Morgan fingerprint density at radius 1 is 1.32 bits per heavy atom. The quantitative estimate of drug-likeness (QED) is 0.732. The van der Waals surface area contributed by atoms with E-state index in [9.17, 15) is 0 Å². The maximum Gasteiger partial charge on any atom is 0.133 e. The summed E-state index contributed by atoms with van der Waals surface area (Å²) in [6.07, 6.45) is 5.33. The topological polar surface area (TPSA) is 28.2 Å². The molecule has 1 rings (SSSR count). The summed E-state index contributed by atoms with van der Waals surface area (Å²) >= 11 is 3.52. The van der Waals surface area contributed by atoms with Crippen LogP contribution in [0.3, 0.4) is 0 Å². The van der Waals surface area contributed by atoms with Gasteiger partial charge in [-0.25, -0.2) is 4.98 Å². The maximum absolute atomic E-state index is 4.61. The zero-order chi connectivity index (χ0) is 14.3. The summed E-state index contributed by atoms with van der Waals surface area (Å²) in [6, 6.07) is 2.72. The number of anilines is 1. The van der Waals surface area contributed by atoms with E-state index in [-0.39, 0.29) is 0 Å². The molecule has 0 aliphatic rings. The second kappa shape index (κ2) is 8.54. The van der Waals surface area contributed by atoms with Crippen molar-refractivity contribution in [3.63, 3.8) is 0 Å². The van der Waals surface area contributed by atoms with Crippen LogP contribution in [0.25, 0.3) is 0 Å². The van der Waals surface area contributed by atoms with E-state index in [0.717, 1.165) is 42.6 Å². The van der Waals surface area contributed by atoms with Crippen molar-refractivity contribution in [2.24, 2.45) is 0 Å². The second-order valence-corrected chi connectivity index (χ2v) is 5.81. The molecule has 3 nitrogen and oxygen atoms in total. The molecule has 1 aromatic rings. The van der Waals surface area contributed by atoms with Crippen LogP contribution in [0.5, 0.6) is 0 Å². The fourth-order valence-electron chi connectivity index (χ4n) is 2.33. The summed E-state index contributed by atoms with van der Waals surface area (Å²) < 4.78 is 1.04. The van der Waals surface area contributed by atoms with Gasteiger partial charge in [-0.3, -0.25) is 0 Å². The SMILES string of the molecule is CCCNCc1cc(Br)cnc1N(C)C(CC)CC. The predicted molar refractivity (Wildman–Crippen MR) is 86.7 cm³/mol. The first-order valence-electron chi connectivity index (χ1n) is 7.21. The van der Waals surface area contributed by atoms with Crippen molar-refractivity contribution in [2.75, 3.05) is 18.5 Å². The third kappa shape index (κ3) is 4.77. The first kappa shape index (κ1) is 16.4. The smallest absolute Gasteiger partial charge is 0.133 e. The van der Waals surface area contributed by atoms with Gasteiger partial charge in [0.1, 0.15) is 5.82 Å². The number of aromatic nitrogens is 1. The summed E-state index contributed by atoms with van der Waals surface area (Å²) in [5.41, 5.74) is 1.26. The Balaban J connectivity index is 2.91. The zero-order valence-electron chi connectivity index (χ0n) is 12.5. The first-order chi connectivity index (χ1) is 9.13.